The molecule has 0 saturated heterocycles. The topological polar surface area (TPSA) is 95.1 Å². The van der Waals surface area contributed by atoms with Gasteiger partial charge in [0.2, 0.25) is 0 Å². The lowest BCUT2D eigenvalue weighted by Crippen LogP contribution is -2.27. The Morgan fingerprint density at radius 1 is 0.588 bits per heavy atom. The van der Waals surface area contributed by atoms with E-state index >= 15 is 0 Å². The zero-order valence-electron chi connectivity index (χ0n) is 20.9. The molecule has 0 atom stereocenters. The van der Waals surface area contributed by atoms with Crippen molar-refractivity contribution in [2.45, 2.75) is 102 Å². The molecule has 2 rings (SSSR count). The highest BCUT2D eigenvalue weighted by Crippen LogP contribution is 2.21. The Balaban J connectivity index is 1.26. The monoisotopic (exact) mass is 482 g/mol. The SMILES string of the molecule is O=C(NCCCCCCNC(=O)OC[CH]COC1CCCCC1)OC[CH]COC1CCCCC1. The third kappa shape index (κ3) is 15.4. The van der Waals surface area contributed by atoms with Gasteiger partial charge in [0.05, 0.1) is 38.6 Å². The maximum absolute atomic E-state index is 11.7. The number of amides is 2. The van der Waals surface area contributed by atoms with Gasteiger partial charge >= 0.3 is 12.2 Å². The fraction of sp³-hybridized carbons (Fsp3) is 0.846. The van der Waals surface area contributed by atoms with E-state index in [1.54, 1.807) is 0 Å². The van der Waals surface area contributed by atoms with Crippen LogP contribution in [0.4, 0.5) is 9.59 Å². The van der Waals surface area contributed by atoms with Crippen molar-refractivity contribution in [3.63, 3.8) is 0 Å². The van der Waals surface area contributed by atoms with Crippen LogP contribution in [0.5, 0.6) is 0 Å². The first-order valence-electron chi connectivity index (χ1n) is 13.4. The molecule has 2 aliphatic rings. The molecular weight excluding hydrogens is 436 g/mol. The molecule has 0 spiro atoms. The van der Waals surface area contributed by atoms with E-state index in [0.717, 1.165) is 51.4 Å². The fourth-order valence-electron chi connectivity index (χ4n) is 4.32. The smallest absolute Gasteiger partial charge is 0.407 e. The number of unbranched alkanes of at least 4 members (excludes halogenated alkanes) is 3. The van der Waals surface area contributed by atoms with E-state index in [9.17, 15) is 9.59 Å². The Kier molecular flexibility index (Phi) is 16.7. The molecule has 0 aromatic rings. The zero-order chi connectivity index (χ0) is 24.1. The maximum Gasteiger partial charge on any atom is 0.407 e. The predicted molar refractivity (Wildman–Crippen MR) is 131 cm³/mol. The molecule has 8 nitrogen and oxygen atoms in total. The summed E-state index contributed by atoms with van der Waals surface area (Å²) in [5.74, 6) is 0. The van der Waals surface area contributed by atoms with Crippen LogP contribution in [0.3, 0.4) is 0 Å². The van der Waals surface area contributed by atoms with Gasteiger partial charge in [0, 0.05) is 25.9 Å². The van der Waals surface area contributed by atoms with Crippen molar-refractivity contribution in [1.29, 1.82) is 0 Å². The van der Waals surface area contributed by atoms with Crippen molar-refractivity contribution in [2.75, 3.05) is 39.5 Å². The van der Waals surface area contributed by atoms with E-state index in [-0.39, 0.29) is 25.4 Å². The summed E-state index contributed by atoms with van der Waals surface area (Å²) in [6, 6.07) is 0. The minimum atomic E-state index is -0.390. The van der Waals surface area contributed by atoms with E-state index < -0.39 is 0 Å². The number of ether oxygens (including phenoxy) is 4. The molecule has 34 heavy (non-hydrogen) atoms. The fourth-order valence-corrected chi connectivity index (χ4v) is 4.32. The van der Waals surface area contributed by atoms with Gasteiger partial charge in [-0.25, -0.2) is 9.59 Å². The van der Waals surface area contributed by atoms with E-state index in [2.05, 4.69) is 10.6 Å². The lowest BCUT2D eigenvalue weighted by Gasteiger charge is -2.21. The standard InChI is InChI=1S/C26H46N2O6/c29-25(33-21-11-19-31-23-13-5-3-6-14-23)27-17-9-1-2-10-18-28-26(30)34-22-12-20-32-24-15-7-4-8-16-24/h11-12,23-24H,1-10,13-22H2,(H,27,29)(H,28,30). The largest absolute Gasteiger partial charge is 0.449 e. The van der Waals surface area contributed by atoms with Gasteiger partial charge in [-0.15, -0.1) is 0 Å². The highest BCUT2D eigenvalue weighted by Gasteiger charge is 2.14. The average molecular weight is 483 g/mol. The first kappa shape index (κ1) is 28.7. The Morgan fingerprint density at radius 3 is 1.41 bits per heavy atom. The van der Waals surface area contributed by atoms with Crippen molar-refractivity contribution >= 4 is 12.2 Å². The summed E-state index contributed by atoms with van der Waals surface area (Å²) in [6.45, 7) is 2.79. The highest BCUT2D eigenvalue weighted by atomic mass is 16.6. The first-order chi connectivity index (χ1) is 16.7. The third-order valence-corrected chi connectivity index (χ3v) is 6.31. The zero-order valence-corrected chi connectivity index (χ0v) is 20.9. The van der Waals surface area contributed by atoms with E-state index in [1.165, 1.54) is 38.5 Å². The van der Waals surface area contributed by atoms with Crippen molar-refractivity contribution in [3.8, 4) is 0 Å². The van der Waals surface area contributed by atoms with Crippen LogP contribution in [-0.4, -0.2) is 63.9 Å². The molecular formula is C26H46N2O6. The molecule has 0 bridgehead atoms. The molecule has 2 fully saturated rings. The number of rotatable bonds is 17. The van der Waals surface area contributed by atoms with Gasteiger partial charge in [0.15, 0.2) is 0 Å². The second-order valence-corrected chi connectivity index (χ2v) is 9.23. The van der Waals surface area contributed by atoms with Crippen molar-refractivity contribution in [3.05, 3.63) is 12.8 Å². The van der Waals surface area contributed by atoms with Gasteiger partial charge in [0.1, 0.15) is 0 Å². The molecule has 8 heteroatoms. The van der Waals surface area contributed by atoms with Gasteiger partial charge in [-0.3, -0.25) is 0 Å². The second-order valence-electron chi connectivity index (χ2n) is 9.23. The van der Waals surface area contributed by atoms with E-state index in [1.807, 2.05) is 12.8 Å². The van der Waals surface area contributed by atoms with Crippen molar-refractivity contribution < 1.29 is 28.5 Å². The van der Waals surface area contributed by atoms with Gasteiger partial charge in [-0.2, -0.15) is 0 Å². The van der Waals surface area contributed by atoms with Crippen molar-refractivity contribution in [1.82, 2.24) is 10.6 Å². The molecule has 0 aliphatic heterocycles. The Bertz CT molecular complexity index is 475. The van der Waals surface area contributed by atoms with Crippen LogP contribution < -0.4 is 10.6 Å². The van der Waals surface area contributed by atoms with Crippen LogP contribution in [0.2, 0.25) is 0 Å². The van der Waals surface area contributed by atoms with Gasteiger partial charge in [0.25, 0.3) is 0 Å². The third-order valence-electron chi connectivity index (χ3n) is 6.31. The minimum Gasteiger partial charge on any atom is -0.449 e. The predicted octanol–water partition coefficient (Wildman–Crippen LogP) is 5.11. The number of alkyl carbamates (subject to hydrolysis) is 2. The lowest BCUT2D eigenvalue weighted by molar-refractivity contribution is 0.0363. The van der Waals surface area contributed by atoms with Crippen LogP contribution in [0, 0.1) is 12.8 Å². The summed E-state index contributed by atoms with van der Waals surface area (Å²) < 4.78 is 21.8. The molecule has 0 heterocycles. The molecule has 0 unspecified atom stereocenters. The Labute approximate surface area is 206 Å². The highest BCUT2D eigenvalue weighted by molar-refractivity contribution is 5.67. The summed E-state index contributed by atoms with van der Waals surface area (Å²) in [4.78, 5) is 23.3. The van der Waals surface area contributed by atoms with Crippen LogP contribution in [0.1, 0.15) is 89.9 Å². The Hall–Kier alpha value is -1.54. The number of hydrogen-bond donors (Lipinski definition) is 2. The average Bonchev–Trinajstić information content (AvgIpc) is 2.86. The van der Waals surface area contributed by atoms with Crippen LogP contribution >= 0.6 is 0 Å². The molecule has 2 radical (unpaired) electrons. The molecule has 196 valence electrons. The van der Waals surface area contributed by atoms with Gasteiger partial charge < -0.3 is 29.6 Å². The maximum atomic E-state index is 11.7. The second kappa shape index (κ2) is 19.7. The van der Waals surface area contributed by atoms with Crippen LogP contribution in [-0.2, 0) is 18.9 Å². The summed E-state index contributed by atoms with van der Waals surface area (Å²) in [7, 11) is 0. The first-order valence-corrected chi connectivity index (χ1v) is 13.4. The number of carbonyl (C=O) groups excluding carboxylic acids is 2. The molecule has 2 saturated carbocycles. The summed E-state index contributed by atoms with van der Waals surface area (Å²) >= 11 is 0. The minimum absolute atomic E-state index is 0.269. The molecule has 2 aliphatic carbocycles. The van der Waals surface area contributed by atoms with Crippen LogP contribution in [0.15, 0.2) is 0 Å². The normalized spacial score (nSPS) is 17.3. The number of hydrogen-bond acceptors (Lipinski definition) is 6. The molecule has 0 aromatic heterocycles. The van der Waals surface area contributed by atoms with E-state index in [0.29, 0.717) is 38.5 Å². The molecule has 0 aromatic carbocycles. The van der Waals surface area contributed by atoms with Gasteiger partial charge in [-0.1, -0.05) is 51.4 Å². The lowest BCUT2D eigenvalue weighted by atomic mass is 9.98. The van der Waals surface area contributed by atoms with E-state index in [4.69, 9.17) is 18.9 Å². The summed E-state index contributed by atoms with van der Waals surface area (Å²) in [5, 5.41) is 5.52. The van der Waals surface area contributed by atoms with Crippen molar-refractivity contribution in [2.24, 2.45) is 0 Å². The summed E-state index contributed by atoms with van der Waals surface area (Å²) in [6.07, 6.45) is 19.6. The Morgan fingerprint density at radius 2 is 1.00 bits per heavy atom. The summed E-state index contributed by atoms with van der Waals surface area (Å²) in [5.41, 5.74) is 0. The number of nitrogens with one attached hydrogen (secondary N) is 2. The molecule has 2 amide bonds. The van der Waals surface area contributed by atoms with Crippen LogP contribution in [0.25, 0.3) is 0 Å². The van der Waals surface area contributed by atoms with Gasteiger partial charge in [-0.05, 0) is 38.5 Å². The quantitative estimate of drug-likeness (QED) is 0.280. The molecule has 2 N–H and O–H groups in total. The number of carbonyl (C=O) groups is 2.